The van der Waals surface area contributed by atoms with E-state index >= 15 is 0 Å². The molecular formula is C23H27N7O5S2. The van der Waals surface area contributed by atoms with Crippen molar-refractivity contribution in [2.24, 2.45) is 16.5 Å². The number of sulfone groups is 1. The zero-order valence-corrected chi connectivity index (χ0v) is 21.4. The lowest BCUT2D eigenvalue weighted by molar-refractivity contribution is -0.142. The number of carbonyl (C=O) groups is 2. The van der Waals surface area contributed by atoms with E-state index in [4.69, 9.17) is 11.5 Å². The molecule has 0 bridgehead atoms. The van der Waals surface area contributed by atoms with Crippen LogP contribution >= 0.6 is 11.3 Å². The number of aromatic nitrogens is 2. The number of benzene rings is 2. The summed E-state index contributed by atoms with van der Waals surface area (Å²) in [5, 5.41) is 22.6. The van der Waals surface area contributed by atoms with Gasteiger partial charge in [-0.15, -0.1) is 10.2 Å². The number of fused-ring (bicyclic) bond motifs is 1. The third-order valence-corrected chi connectivity index (χ3v) is 9.06. The van der Waals surface area contributed by atoms with Gasteiger partial charge in [-0.1, -0.05) is 47.7 Å². The second-order valence-electron chi connectivity index (χ2n) is 8.55. The van der Waals surface area contributed by atoms with Crippen molar-refractivity contribution in [3.63, 3.8) is 0 Å². The summed E-state index contributed by atoms with van der Waals surface area (Å²) in [5.41, 5.74) is 8.67. The quantitative estimate of drug-likeness (QED) is 0.126. The van der Waals surface area contributed by atoms with Gasteiger partial charge < -0.3 is 27.2 Å². The van der Waals surface area contributed by atoms with Crippen LogP contribution in [0.15, 0.2) is 52.4 Å². The molecule has 4 rings (SSSR count). The number of aliphatic carboxylic acids is 1. The highest BCUT2D eigenvalue weighted by atomic mass is 32.2. The zero-order valence-electron chi connectivity index (χ0n) is 19.8. The molecule has 0 radical (unpaired) electrons. The fourth-order valence-corrected chi connectivity index (χ4v) is 6.94. The zero-order chi connectivity index (χ0) is 26.6. The number of unbranched alkanes of at least 4 members (excludes halogenated alkanes) is 1. The number of carbonyl (C=O) groups excluding carboxylic acids is 1. The maximum Gasteiger partial charge on any atom is 0.340 e. The first kappa shape index (κ1) is 26.6. The first-order valence-corrected chi connectivity index (χ1v) is 13.9. The summed E-state index contributed by atoms with van der Waals surface area (Å²) in [5.74, 6) is -2.18. The molecule has 0 saturated heterocycles. The van der Waals surface area contributed by atoms with E-state index in [-0.39, 0.29) is 9.90 Å². The fourth-order valence-electron chi connectivity index (χ4n) is 3.99. The highest BCUT2D eigenvalue weighted by molar-refractivity contribution is 7.93. The number of hydrogen-bond donors (Lipinski definition) is 5. The van der Waals surface area contributed by atoms with E-state index in [1.807, 2.05) is 0 Å². The monoisotopic (exact) mass is 545 g/mol. The van der Waals surface area contributed by atoms with Crippen LogP contribution in [-0.4, -0.2) is 72.0 Å². The molecule has 14 heteroatoms. The highest BCUT2D eigenvalue weighted by Gasteiger charge is 2.53. The Morgan fingerprint density at radius 1 is 1.14 bits per heavy atom. The first-order valence-electron chi connectivity index (χ1n) is 11.5. The van der Waals surface area contributed by atoms with Gasteiger partial charge in [0.15, 0.2) is 31.7 Å². The van der Waals surface area contributed by atoms with Gasteiger partial charge in [-0.05, 0) is 24.3 Å². The molecule has 0 spiro atoms. The van der Waals surface area contributed by atoms with Crippen LogP contribution in [0, 0.1) is 0 Å². The molecule has 0 saturated carbocycles. The molecule has 37 heavy (non-hydrogen) atoms. The first-order chi connectivity index (χ1) is 17.6. The molecular weight excluding hydrogens is 518 g/mol. The number of aryl methyl sites for hydroxylation is 1. The third kappa shape index (κ3) is 5.61. The van der Waals surface area contributed by atoms with Crippen LogP contribution in [0.1, 0.15) is 27.7 Å². The molecule has 1 aliphatic heterocycles. The number of hydrogen-bond acceptors (Lipinski definition) is 12. The average Bonchev–Trinajstić information content (AvgIpc) is 3.55. The Balaban J connectivity index is 1.56. The molecule has 196 valence electrons. The lowest BCUT2D eigenvalue weighted by Crippen LogP contribution is -2.69. The van der Waals surface area contributed by atoms with Gasteiger partial charge in [0.25, 0.3) is 0 Å². The number of nitrogens with one attached hydrogen (secondary N) is 2. The molecule has 2 aromatic carbocycles. The Morgan fingerprint density at radius 2 is 1.89 bits per heavy atom. The fraction of sp³-hybridized carbons (Fsp3) is 0.348. The number of Topliss-reactive ketones (excluding diaryl/α,β-unsaturated/α-hetero) is 1. The number of ketones is 1. The Hall–Kier alpha value is -3.46. The predicted octanol–water partition coefficient (Wildman–Crippen LogP) is 0.286. The molecule has 0 aliphatic carbocycles. The van der Waals surface area contributed by atoms with E-state index in [2.05, 4.69) is 25.8 Å². The molecule has 2 heterocycles. The van der Waals surface area contributed by atoms with Crippen LogP contribution in [0.4, 0.5) is 0 Å². The summed E-state index contributed by atoms with van der Waals surface area (Å²) >= 11 is 0.899. The summed E-state index contributed by atoms with van der Waals surface area (Å²) in [6.45, 7) is 2.26. The maximum atomic E-state index is 13.8. The molecule has 1 aromatic heterocycles. The van der Waals surface area contributed by atoms with Crippen molar-refractivity contribution in [1.82, 2.24) is 20.8 Å². The molecule has 7 N–H and O–H groups in total. The van der Waals surface area contributed by atoms with E-state index in [1.165, 1.54) is 12.1 Å². The van der Waals surface area contributed by atoms with Crippen LogP contribution in [0.5, 0.6) is 0 Å². The van der Waals surface area contributed by atoms with Crippen LogP contribution in [0.3, 0.4) is 0 Å². The van der Waals surface area contributed by atoms with Gasteiger partial charge in [0, 0.05) is 24.9 Å². The normalized spacial score (nSPS) is 14.7. The lowest BCUT2D eigenvalue weighted by Gasteiger charge is -2.28. The Kier molecular flexibility index (Phi) is 7.82. The van der Waals surface area contributed by atoms with Gasteiger partial charge in [-0.2, -0.15) is 0 Å². The lowest BCUT2D eigenvalue weighted by atomic mass is 10.1. The molecule has 12 nitrogen and oxygen atoms in total. The molecule has 0 amide bonds. The topological polar surface area (TPSA) is 203 Å². The Morgan fingerprint density at radius 3 is 2.62 bits per heavy atom. The Labute approximate surface area is 217 Å². The molecule has 1 aliphatic rings. The number of rotatable bonds is 11. The number of carboxylic acids is 1. The second-order valence-corrected chi connectivity index (χ2v) is 11.6. The van der Waals surface area contributed by atoms with Crippen LogP contribution in [-0.2, 0) is 21.1 Å². The largest absolute Gasteiger partial charge is 0.479 e. The molecule has 0 fully saturated rings. The Bertz CT molecular complexity index is 1450. The van der Waals surface area contributed by atoms with Crippen molar-refractivity contribution in [1.29, 1.82) is 0 Å². The average molecular weight is 546 g/mol. The van der Waals surface area contributed by atoms with Crippen molar-refractivity contribution >= 4 is 49.7 Å². The smallest absolute Gasteiger partial charge is 0.340 e. The molecule has 1 unspecified atom stereocenters. The molecule has 1 atom stereocenters. The third-order valence-electron chi connectivity index (χ3n) is 5.87. The van der Waals surface area contributed by atoms with Crippen molar-refractivity contribution in [2.75, 3.05) is 19.6 Å². The number of guanidine groups is 1. The highest BCUT2D eigenvalue weighted by Crippen LogP contribution is 2.31. The predicted molar refractivity (Wildman–Crippen MR) is 139 cm³/mol. The summed E-state index contributed by atoms with van der Waals surface area (Å²) in [4.78, 5) is 29.4. The summed E-state index contributed by atoms with van der Waals surface area (Å²) in [6.07, 6.45) is 2.03. The van der Waals surface area contributed by atoms with Gasteiger partial charge in [0.1, 0.15) is 5.01 Å². The number of nitrogens with zero attached hydrogens (tertiary/aromatic N) is 3. The van der Waals surface area contributed by atoms with Crippen LogP contribution in [0.2, 0.25) is 0 Å². The SMILES string of the molecule is NC(N)(C(=O)O)C(C(=O)c1nnc(CCCCNC2=NCCN2)s1)S(=O)(=O)c1cccc2ccccc12. The molecule has 3 aromatic rings. The number of nitrogens with two attached hydrogens (primary N) is 2. The van der Waals surface area contributed by atoms with E-state index in [0.717, 1.165) is 43.2 Å². The van der Waals surface area contributed by atoms with E-state index in [0.29, 0.717) is 28.7 Å². The van der Waals surface area contributed by atoms with Gasteiger partial charge in [0.2, 0.25) is 5.78 Å². The minimum absolute atomic E-state index is 0.246. The van der Waals surface area contributed by atoms with Crippen LogP contribution in [0.25, 0.3) is 10.8 Å². The summed E-state index contributed by atoms with van der Waals surface area (Å²) in [7, 11) is -4.67. The standard InChI is InChI=1S/C23H27N7O5S2/c24-23(25,21(32)33)19(37(34,35)16-9-5-7-14-6-1-2-8-15(14)16)18(31)20-30-29-17(36-20)10-3-4-11-26-22-27-12-13-28-22/h1-2,5-9,19H,3-4,10-13,24-25H2,(H,32,33)(H2,26,27,28). The van der Waals surface area contributed by atoms with Crippen molar-refractivity contribution < 1.29 is 23.1 Å². The van der Waals surface area contributed by atoms with E-state index in [9.17, 15) is 23.1 Å². The number of aliphatic imine (C=N–C) groups is 1. The van der Waals surface area contributed by atoms with Crippen LogP contribution < -0.4 is 22.1 Å². The van der Waals surface area contributed by atoms with E-state index in [1.54, 1.807) is 30.3 Å². The van der Waals surface area contributed by atoms with E-state index < -0.39 is 32.5 Å². The minimum atomic E-state index is -4.67. The minimum Gasteiger partial charge on any atom is -0.479 e. The van der Waals surface area contributed by atoms with Gasteiger partial charge in [-0.25, -0.2) is 13.2 Å². The van der Waals surface area contributed by atoms with Gasteiger partial charge in [0.05, 0.1) is 11.4 Å². The summed E-state index contributed by atoms with van der Waals surface area (Å²) in [6, 6.07) is 11.1. The van der Waals surface area contributed by atoms with Crippen molar-refractivity contribution in [3.8, 4) is 0 Å². The summed E-state index contributed by atoms with van der Waals surface area (Å²) < 4.78 is 27.5. The van der Waals surface area contributed by atoms with Crippen molar-refractivity contribution in [2.45, 2.75) is 35.1 Å². The van der Waals surface area contributed by atoms with Gasteiger partial charge in [-0.3, -0.25) is 9.79 Å². The van der Waals surface area contributed by atoms with Gasteiger partial charge >= 0.3 is 5.97 Å². The maximum absolute atomic E-state index is 13.8. The second kappa shape index (κ2) is 10.9. The number of carboxylic acid groups (broad SMARTS) is 1. The van der Waals surface area contributed by atoms with Crippen molar-refractivity contribution in [3.05, 3.63) is 52.5 Å².